The monoisotopic (exact) mass is 484 g/mol. The van der Waals surface area contributed by atoms with E-state index in [1.54, 1.807) is 18.2 Å². The van der Waals surface area contributed by atoms with Crippen molar-refractivity contribution < 1.29 is 9.84 Å². The molecule has 4 nitrogen and oxygen atoms in total. The molecule has 2 atom stereocenters. The standard InChI is InChI=1S/C24H22BrClN2O2/c1-2-30-19-10-5-15(6-11-19)21-14-22(20-13-18(26)9-12-23(20)29)28-24(27-21)16-3-7-17(25)8-4-16/h3-14,22,24,27-29H,2H2,1H3. The second kappa shape index (κ2) is 9.13. The van der Waals surface area contributed by atoms with E-state index in [1.165, 1.54) is 0 Å². The minimum absolute atomic E-state index is 0.145. The summed E-state index contributed by atoms with van der Waals surface area (Å²) in [6.07, 6.45) is 1.92. The number of rotatable bonds is 5. The summed E-state index contributed by atoms with van der Waals surface area (Å²) >= 11 is 9.70. The molecule has 0 saturated heterocycles. The van der Waals surface area contributed by atoms with Crippen molar-refractivity contribution in [1.82, 2.24) is 10.6 Å². The zero-order valence-electron chi connectivity index (χ0n) is 16.4. The van der Waals surface area contributed by atoms with Crippen LogP contribution < -0.4 is 15.4 Å². The molecule has 154 valence electrons. The lowest BCUT2D eigenvalue weighted by atomic mass is 9.98. The molecule has 0 aromatic heterocycles. The normalized spacial score (nSPS) is 18.4. The van der Waals surface area contributed by atoms with Crippen molar-refractivity contribution >= 4 is 33.2 Å². The maximum Gasteiger partial charge on any atom is 0.120 e. The first-order valence-corrected chi connectivity index (χ1v) is 10.9. The predicted octanol–water partition coefficient (Wildman–Crippen LogP) is 6.18. The number of hydrogen-bond acceptors (Lipinski definition) is 4. The largest absolute Gasteiger partial charge is 0.508 e. The first kappa shape index (κ1) is 20.8. The van der Waals surface area contributed by atoms with E-state index in [0.717, 1.165) is 32.6 Å². The van der Waals surface area contributed by atoms with E-state index in [0.29, 0.717) is 11.6 Å². The Kier molecular flexibility index (Phi) is 6.32. The first-order valence-electron chi connectivity index (χ1n) is 9.75. The summed E-state index contributed by atoms with van der Waals surface area (Å²) in [4.78, 5) is 0. The molecule has 0 saturated carbocycles. The van der Waals surface area contributed by atoms with Gasteiger partial charge < -0.3 is 15.2 Å². The number of phenolic OH excluding ortho intramolecular Hbond substituents is 1. The van der Waals surface area contributed by atoms with E-state index in [-0.39, 0.29) is 18.0 Å². The Hall–Kier alpha value is -2.47. The van der Waals surface area contributed by atoms with Gasteiger partial charge in [0.15, 0.2) is 0 Å². The van der Waals surface area contributed by atoms with Gasteiger partial charge in [0.2, 0.25) is 0 Å². The maximum absolute atomic E-state index is 10.5. The summed E-state index contributed by atoms with van der Waals surface area (Å²) in [7, 11) is 0. The minimum Gasteiger partial charge on any atom is -0.508 e. The molecule has 0 aliphatic carbocycles. The van der Waals surface area contributed by atoms with Gasteiger partial charge in [0.05, 0.1) is 12.6 Å². The van der Waals surface area contributed by atoms with Crippen LogP contribution in [0.2, 0.25) is 5.02 Å². The number of nitrogens with one attached hydrogen (secondary N) is 2. The molecule has 0 radical (unpaired) electrons. The van der Waals surface area contributed by atoms with Gasteiger partial charge in [0, 0.05) is 20.8 Å². The average Bonchev–Trinajstić information content (AvgIpc) is 2.76. The molecule has 0 spiro atoms. The van der Waals surface area contributed by atoms with Gasteiger partial charge in [-0.05, 0) is 78.7 Å². The molecular weight excluding hydrogens is 464 g/mol. The van der Waals surface area contributed by atoms with Crippen LogP contribution in [0.25, 0.3) is 5.70 Å². The summed E-state index contributed by atoms with van der Waals surface area (Å²) in [6, 6.07) is 21.0. The van der Waals surface area contributed by atoms with Crippen molar-refractivity contribution in [1.29, 1.82) is 0 Å². The Labute approximate surface area is 189 Å². The van der Waals surface area contributed by atoms with Crippen LogP contribution in [-0.4, -0.2) is 11.7 Å². The molecule has 3 N–H and O–H groups in total. The van der Waals surface area contributed by atoms with Gasteiger partial charge in [-0.25, -0.2) is 0 Å². The third kappa shape index (κ3) is 4.64. The fourth-order valence-electron chi connectivity index (χ4n) is 3.51. The summed E-state index contributed by atoms with van der Waals surface area (Å²) in [5.41, 5.74) is 3.82. The van der Waals surface area contributed by atoms with Crippen LogP contribution in [0.1, 0.15) is 35.8 Å². The van der Waals surface area contributed by atoms with Gasteiger partial charge in [-0.1, -0.05) is 39.7 Å². The fourth-order valence-corrected chi connectivity index (χ4v) is 3.95. The van der Waals surface area contributed by atoms with Crippen LogP contribution >= 0.6 is 27.5 Å². The molecule has 4 rings (SSSR count). The number of hydrogen-bond donors (Lipinski definition) is 3. The van der Waals surface area contributed by atoms with Crippen LogP contribution in [0.5, 0.6) is 11.5 Å². The second-order valence-electron chi connectivity index (χ2n) is 7.01. The Morgan fingerprint density at radius 1 is 1.03 bits per heavy atom. The first-order chi connectivity index (χ1) is 14.5. The van der Waals surface area contributed by atoms with Crippen LogP contribution in [-0.2, 0) is 0 Å². The number of halogens is 2. The molecule has 0 fully saturated rings. The van der Waals surface area contributed by atoms with Gasteiger partial charge in [-0.2, -0.15) is 0 Å². The van der Waals surface area contributed by atoms with E-state index in [9.17, 15) is 5.11 Å². The van der Waals surface area contributed by atoms with Gasteiger partial charge in [-0.3, -0.25) is 5.32 Å². The van der Waals surface area contributed by atoms with Crippen molar-refractivity contribution in [2.24, 2.45) is 0 Å². The number of phenols is 1. The van der Waals surface area contributed by atoms with Crippen molar-refractivity contribution in [2.45, 2.75) is 19.1 Å². The summed E-state index contributed by atoms with van der Waals surface area (Å²) in [5, 5.41) is 18.2. The number of benzene rings is 3. The summed E-state index contributed by atoms with van der Waals surface area (Å²) in [5.74, 6) is 1.04. The highest BCUT2D eigenvalue weighted by molar-refractivity contribution is 9.10. The van der Waals surface area contributed by atoms with Crippen molar-refractivity contribution in [3.8, 4) is 11.5 Å². The van der Waals surface area contributed by atoms with Crippen LogP contribution in [0.4, 0.5) is 0 Å². The van der Waals surface area contributed by atoms with Crippen molar-refractivity contribution in [3.05, 3.63) is 99.0 Å². The highest BCUT2D eigenvalue weighted by Gasteiger charge is 2.25. The Morgan fingerprint density at radius 2 is 1.77 bits per heavy atom. The lowest BCUT2D eigenvalue weighted by Gasteiger charge is -2.33. The zero-order chi connectivity index (χ0) is 21.1. The Balaban J connectivity index is 1.73. The summed E-state index contributed by atoms with van der Waals surface area (Å²) < 4.78 is 6.59. The molecule has 0 bridgehead atoms. The smallest absolute Gasteiger partial charge is 0.120 e. The highest BCUT2D eigenvalue weighted by atomic mass is 79.9. The average molecular weight is 486 g/mol. The van der Waals surface area contributed by atoms with Gasteiger partial charge in [0.1, 0.15) is 17.7 Å². The lowest BCUT2D eigenvalue weighted by molar-refractivity contribution is 0.340. The number of ether oxygens (including phenoxy) is 1. The lowest BCUT2D eigenvalue weighted by Crippen LogP contribution is -2.39. The Morgan fingerprint density at radius 3 is 2.47 bits per heavy atom. The third-order valence-corrected chi connectivity index (χ3v) is 5.75. The fraction of sp³-hybridized carbons (Fsp3) is 0.167. The van der Waals surface area contributed by atoms with Crippen molar-refractivity contribution in [2.75, 3.05) is 6.61 Å². The van der Waals surface area contributed by atoms with E-state index in [1.807, 2.05) is 43.3 Å². The quantitative estimate of drug-likeness (QED) is 0.404. The molecule has 30 heavy (non-hydrogen) atoms. The van der Waals surface area contributed by atoms with Crippen LogP contribution in [0.15, 0.2) is 77.3 Å². The van der Waals surface area contributed by atoms with E-state index in [4.69, 9.17) is 16.3 Å². The van der Waals surface area contributed by atoms with E-state index < -0.39 is 0 Å². The van der Waals surface area contributed by atoms with Gasteiger partial charge in [-0.15, -0.1) is 0 Å². The third-order valence-electron chi connectivity index (χ3n) is 4.98. The van der Waals surface area contributed by atoms with Crippen molar-refractivity contribution in [3.63, 3.8) is 0 Å². The SMILES string of the molecule is CCOc1ccc(C2=CC(c3cc(Cl)ccc3O)NC(c3ccc(Br)cc3)N2)cc1. The molecule has 1 aliphatic heterocycles. The molecule has 2 unspecified atom stereocenters. The predicted molar refractivity (Wildman–Crippen MR) is 125 cm³/mol. The van der Waals surface area contributed by atoms with Crippen LogP contribution in [0, 0.1) is 0 Å². The molecular formula is C24H22BrClN2O2. The topological polar surface area (TPSA) is 53.5 Å². The molecule has 1 heterocycles. The molecule has 0 amide bonds. The molecule has 3 aromatic rings. The zero-order valence-corrected chi connectivity index (χ0v) is 18.7. The second-order valence-corrected chi connectivity index (χ2v) is 8.37. The van der Waals surface area contributed by atoms with E-state index in [2.05, 4.69) is 44.8 Å². The molecule has 1 aliphatic rings. The maximum atomic E-state index is 10.5. The molecule has 3 aromatic carbocycles. The van der Waals surface area contributed by atoms with Crippen LogP contribution in [0.3, 0.4) is 0 Å². The van der Waals surface area contributed by atoms with E-state index >= 15 is 0 Å². The minimum atomic E-state index is -0.222. The van der Waals surface area contributed by atoms with Gasteiger partial charge >= 0.3 is 0 Å². The van der Waals surface area contributed by atoms with Gasteiger partial charge in [0.25, 0.3) is 0 Å². The highest BCUT2D eigenvalue weighted by Crippen LogP contribution is 2.35. The molecule has 6 heteroatoms. The summed E-state index contributed by atoms with van der Waals surface area (Å²) in [6.45, 7) is 2.60. The number of aromatic hydroxyl groups is 1. The Bertz CT molecular complexity index is 1050.